The van der Waals surface area contributed by atoms with E-state index in [2.05, 4.69) is 83.9 Å². The van der Waals surface area contributed by atoms with E-state index in [-0.39, 0.29) is 0 Å². The Morgan fingerprint density at radius 1 is 0.963 bits per heavy atom. The third-order valence-electron chi connectivity index (χ3n) is 6.29. The molecule has 0 radical (unpaired) electrons. The Kier molecular flexibility index (Phi) is 7.60. The van der Waals surface area contributed by atoms with E-state index in [1.54, 1.807) is 0 Å². The number of fused-ring (bicyclic) bond motifs is 1. The molecule has 1 unspecified atom stereocenters. The second-order valence-electron chi connectivity index (χ2n) is 11.1. The van der Waals surface area contributed by atoms with Crippen molar-refractivity contribution in [3.05, 3.63) is 36.0 Å². The highest BCUT2D eigenvalue weighted by Crippen LogP contribution is 2.36. The highest BCUT2D eigenvalue weighted by atomic mass is 14.7. The molecular formula is C26H43N. The minimum absolute atomic E-state index is 0.352. The highest BCUT2D eigenvalue weighted by Gasteiger charge is 2.24. The minimum atomic E-state index is 0.352. The van der Waals surface area contributed by atoms with Gasteiger partial charge in [-0.3, -0.25) is 0 Å². The third kappa shape index (κ3) is 7.35. The van der Waals surface area contributed by atoms with Crippen LogP contribution >= 0.6 is 0 Å². The van der Waals surface area contributed by atoms with E-state index in [0.717, 1.165) is 18.3 Å². The second kappa shape index (κ2) is 9.30. The Balaban J connectivity index is 0.000000194. The van der Waals surface area contributed by atoms with Crippen LogP contribution in [0.5, 0.6) is 0 Å². The molecule has 0 bridgehead atoms. The first kappa shape index (κ1) is 22.1. The van der Waals surface area contributed by atoms with Crippen LogP contribution in [0.25, 0.3) is 10.9 Å². The predicted molar refractivity (Wildman–Crippen MR) is 121 cm³/mol. The molecule has 1 atom stereocenters. The van der Waals surface area contributed by atoms with Crippen LogP contribution in [0.2, 0.25) is 0 Å². The molecule has 1 aliphatic carbocycles. The normalized spacial score (nSPS) is 17.4. The van der Waals surface area contributed by atoms with Crippen LogP contribution in [0.15, 0.2) is 30.5 Å². The van der Waals surface area contributed by atoms with Gasteiger partial charge in [0.1, 0.15) is 0 Å². The fourth-order valence-corrected chi connectivity index (χ4v) is 4.13. The van der Waals surface area contributed by atoms with E-state index in [0.29, 0.717) is 10.8 Å². The van der Waals surface area contributed by atoms with Crippen LogP contribution < -0.4 is 0 Å². The van der Waals surface area contributed by atoms with Crippen molar-refractivity contribution >= 4 is 10.9 Å². The number of aromatic amines is 1. The molecule has 1 nitrogen and oxygen atoms in total. The summed E-state index contributed by atoms with van der Waals surface area (Å²) >= 11 is 0. The molecule has 1 aliphatic rings. The molecule has 3 rings (SSSR count). The molecule has 2 aromatic rings. The first-order valence-electron chi connectivity index (χ1n) is 11.1. The smallest absolute Gasteiger partial charge is 0.0456 e. The van der Waals surface area contributed by atoms with Crippen molar-refractivity contribution in [3.8, 4) is 0 Å². The van der Waals surface area contributed by atoms with Crippen LogP contribution in [0, 0.1) is 22.7 Å². The number of nitrogens with one attached hydrogen (secondary N) is 1. The zero-order valence-electron chi connectivity index (χ0n) is 19.0. The van der Waals surface area contributed by atoms with Gasteiger partial charge in [-0.2, -0.15) is 0 Å². The van der Waals surface area contributed by atoms with Gasteiger partial charge in [-0.15, -0.1) is 0 Å². The fraction of sp³-hybridized carbons (Fsp3) is 0.692. The van der Waals surface area contributed by atoms with E-state index < -0.39 is 0 Å². The Labute approximate surface area is 168 Å². The largest absolute Gasteiger partial charge is 0.361 e. The zero-order valence-corrected chi connectivity index (χ0v) is 19.0. The van der Waals surface area contributed by atoms with Crippen molar-refractivity contribution in [1.82, 2.24) is 4.98 Å². The van der Waals surface area contributed by atoms with Crippen LogP contribution in [0.4, 0.5) is 0 Å². The average molecular weight is 370 g/mol. The van der Waals surface area contributed by atoms with Gasteiger partial charge in [0.2, 0.25) is 0 Å². The molecule has 1 fully saturated rings. The van der Waals surface area contributed by atoms with E-state index in [9.17, 15) is 0 Å². The van der Waals surface area contributed by atoms with Gasteiger partial charge in [-0.1, -0.05) is 98.8 Å². The summed E-state index contributed by atoms with van der Waals surface area (Å²) in [6.45, 7) is 16.4. The van der Waals surface area contributed by atoms with Crippen molar-refractivity contribution in [3.63, 3.8) is 0 Å². The van der Waals surface area contributed by atoms with Crippen molar-refractivity contribution in [2.24, 2.45) is 22.7 Å². The Hall–Kier alpha value is -1.24. The molecular weight excluding hydrogens is 326 g/mol. The molecule has 1 heteroatoms. The van der Waals surface area contributed by atoms with Gasteiger partial charge < -0.3 is 4.98 Å². The standard InChI is InChI=1S/C13H17N.C13H26/c1-13(2,3)8-10-9-14-12-7-5-4-6-11(10)12;1-11(13(2,3)4)10-12-8-6-5-7-9-12/h4-7,9,14H,8H2,1-3H3;11-12H,5-10H2,1-4H3. The summed E-state index contributed by atoms with van der Waals surface area (Å²) in [7, 11) is 0. The maximum Gasteiger partial charge on any atom is 0.0456 e. The number of para-hydroxylation sites is 1. The number of H-pyrrole nitrogens is 1. The van der Waals surface area contributed by atoms with E-state index in [1.165, 1.54) is 55.0 Å². The van der Waals surface area contributed by atoms with Crippen LogP contribution in [-0.4, -0.2) is 4.98 Å². The SMILES string of the molecule is CC(C)(C)Cc1c[nH]c2ccccc12.CC(CC1CCCCC1)C(C)(C)C. The number of aromatic nitrogens is 1. The fourth-order valence-electron chi connectivity index (χ4n) is 4.13. The Morgan fingerprint density at radius 2 is 1.59 bits per heavy atom. The monoisotopic (exact) mass is 369 g/mol. The summed E-state index contributed by atoms with van der Waals surface area (Å²) < 4.78 is 0. The van der Waals surface area contributed by atoms with Crippen molar-refractivity contribution in [1.29, 1.82) is 0 Å². The molecule has 27 heavy (non-hydrogen) atoms. The summed E-state index contributed by atoms with van der Waals surface area (Å²) in [6.07, 6.45) is 12.2. The number of rotatable bonds is 3. The van der Waals surface area contributed by atoms with Crippen LogP contribution in [-0.2, 0) is 6.42 Å². The zero-order chi connectivity index (χ0) is 20.1. The molecule has 1 aromatic carbocycles. The third-order valence-corrected chi connectivity index (χ3v) is 6.29. The maximum atomic E-state index is 3.31. The lowest BCUT2D eigenvalue weighted by molar-refractivity contribution is 0.191. The summed E-state index contributed by atoms with van der Waals surface area (Å²) in [4.78, 5) is 3.31. The summed E-state index contributed by atoms with van der Waals surface area (Å²) in [5, 5.41) is 1.36. The molecule has 0 spiro atoms. The van der Waals surface area contributed by atoms with Crippen molar-refractivity contribution in [2.75, 3.05) is 0 Å². The van der Waals surface area contributed by atoms with Gasteiger partial charge in [-0.05, 0) is 47.1 Å². The van der Waals surface area contributed by atoms with Gasteiger partial charge >= 0.3 is 0 Å². The number of benzene rings is 1. The number of hydrogen-bond acceptors (Lipinski definition) is 0. The second-order valence-corrected chi connectivity index (χ2v) is 11.1. The molecule has 1 heterocycles. The number of hydrogen-bond donors (Lipinski definition) is 1. The summed E-state index contributed by atoms with van der Waals surface area (Å²) in [5.41, 5.74) is 3.53. The first-order chi connectivity index (χ1) is 12.6. The molecule has 0 aliphatic heterocycles. The minimum Gasteiger partial charge on any atom is -0.361 e. The highest BCUT2D eigenvalue weighted by molar-refractivity contribution is 5.83. The van der Waals surface area contributed by atoms with E-state index >= 15 is 0 Å². The Morgan fingerprint density at radius 3 is 2.19 bits per heavy atom. The van der Waals surface area contributed by atoms with Crippen LogP contribution in [0.3, 0.4) is 0 Å². The average Bonchev–Trinajstić information content (AvgIpc) is 2.97. The lowest BCUT2D eigenvalue weighted by Gasteiger charge is -2.32. The topological polar surface area (TPSA) is 15.8 Å². The van der Waals surface area contributed by atoms with Gasteiger partial charge in [0.25, 0.3) is 0 Å². The van der Waals surface area contributed by atoms with E-state index in [1.807, 2.05) is 0 Å². The predicted octanol–water partition coefficient (Wildman–Crippen LogP) is 8.40. The van der Waals surface area contributed by atoms with E-state index in [4.69, 9.17) is 0 Å². The lowest BCUT2D eigenvalue weighted by Crippen LogP contribution is -2.21. The van der Waals surface area contributed by atoms with Crippen LogP contribution in [0.1, 0.15) is 92.6 Å². The lowest BCUT2D eigenvalue weighted by atomic mass is 9.74. The summed E-state index contributed by atoms with van der Waals surface area (Å²) in [6, 6.07) is 8.48. The van der Waals surface area contributed by atoms with Crippen molar-refractivity contribution in [2.45, 2.75) is 93.4 Å². The molecule has 0 saturated heterocycles. The van der Waals surface area contributed by atoms with Crippen molar-refractivity contribution < 1.29 is 0 Å². The van der Waals surface area contributed by atoms with Gasteiger partial charge in [0.15, 0.2) is 0 Å². The van der Waals surface area contributed by atoms with Gasteiger partial charge in [0.05, 0.1) is 0 Å². The van der Waals surface area contributed by atoms with Gasteiger partial charge in [-0.25, -0.2) is 0 Å². The first-order valence-corrected chi connectivity index (χ1v) is 11.1. The molecule has 1 saturated carbocycles. The molecule has 1 N–H and O–H groups in total. The van der Waals surface area contributed by atoms with Gasteiger partial charge in [0, 0.05) is 17.1 Å². The maximum absolute atomic E-state index is 3.31. The quantitative estimate of drug-likeness (QED) is 0.559. The molecule has 152 valence electrons. The molecule has 1 aromatic heterocycles. The Bertz CT molecular complexity index is 674. The molecule has 0 amide bonds. The summed E-state index contributed by atoms with van der Waals surface area (Å²) in [5.74, 6) is 1.93.